The average Bonchev–Trinajstić information content (AvgIpc) is 3.21. The number of rotatable bonds is 4. The van der Waals surface area contributed by atoms with Crippen LogP contribution in [0.4, 0.5) is 21.6 Å². The van der Waals surface area contributed by atoms with Gasteiger partial charge in [-0.25, -0.2) is 23.9 Å². The zero-order valence-corrected chi connectivity index (χ0v) is 16.2. The number of hydrogen-bond acceptors (Lipinski definition) is 6. The monoisotopic (exact) mass is 399 g/mol. The van der Waals surface area contributed by atoms with Gasteiger partial charge in [-0.2, -0.15) is 5.10 Å². The zero-order chi connectivity index (χ0) is 20.7. The summed E-state index contributed by atoms with van der Waals surface area (Å²) in [5, 5.41) is 7.60. The fourth-order valence-electron chi connectivity index (χ4n) is 3.52. The number of hydrogen-bond donors (Lipinski definition) is 2. The van der Waals surface area contributed by atoms with Crippen LogP contribution in [0.2, 0.25) is 0 Å². The van der Waals surface area contributed by atoms with Crippen molar-refractivity contribution in [2.75, 3.05) is 11.1 Å². The van der Waals surface area contributed by atoms with Gasteiger partial charge in [-0.05, 0) is 66.4 Å². The van der Waals surface area contributed by atoms with E-state index in [2.05, 4.69) is 31.4 Å². The van der Waals surface area contributed by atoms with E-state index in [1.54, 1.807) is 10.6 Å². The van der Waals surface area contributed by atoms with Crippen LogP contribution in [0.15, 0.2) is 61.3 Å². The molecule has 5 rings (SSSR count). The molecule has 0 spiro atoms. The number of halogens is 1. The Labute approximate surface area is 171 Å². The van der Waals surface area contributed by atoms with Gasteiger partial charge >= 0.3 is 0 Å². The summed E-state index contributed by atoms with van der Waals surface area (Å²) < 4.78 is 16.3. The molecule has 0 atom stereocenters. The second-order valence-corrected chi connectivity index (χ2v) is 7.13. The molecular formula is C22H18FN7. The van der Waals surface area contributed by atoms with E-state index < -0.39 is 5.82 Å². The number of nitrogens with two attached hydrogens (primary N) is 1. The average molecular weight is 399 g/mol. The summed E-state index contributed by atoms with van der Waals surface area (Å²) in [6.07, 6.45) is 5.63. The van der Waals surface area contributed by atoms with Crippen molar-refractivity contribution in [2.24, 2.45) is 0 Å². The van der Waals surface area contributed by atoms with Crippen molar-refractivity contribution in [1.29, 1.82) is 0 Å². The second-order valence-electron chi connectivity index (χ2n) is 7.13. The molecule has 0 aliphatic rings. The topological polar surface area (TPSA) is 94.0 Å². The van der Waals surface area contributed by atoms with Crippen molar-refractivity contribution in [1.82, 2.24) is 24.6 Å². The van der Waals surface area contributed by atoms with Gasteiger partial charge in [-0.1, -0.05) is 6.07 Å². The van der Waals surface area contributed by atoms with Gasteiger partial charge in [0.1, 0.15) is 18.5 Å². The number of aryl methyl sites for hydroxylation is 1. The lowest BCUT2D eigenvalue weighted by Gasteiger charge is -2.12. The van der Waals surface area contributed by atoms with Crippen LogP contribution in [-0.2, 0) is 6.42 Å². The minimum atomic E-state index is -0.521. The van der Waals surface area contributed by atoms with Crippen LogP contribution in [0.5, 0.6) is 0 Å². The minimum Gasteiger partial charge on any atom is -0.396 e. The Hall–Kier alpha value is -4.07. The number of nitrogens with zero attached hydrogens (tertiary/aromatic N) is 5. The van der Waals surface area contributed by atoms with Crippen LogP contribution in [-0.4, -0.2) is 24.6 Å². The molecule has 5 aromatic rings. The molecule has 0 aliphatic heterocycles. The van der Waals surface area contributed by atoms with E-state index in [1.165, 1.54) is 24.3 Å². The lowest BCUT2D eigenvalue weighted by Crippen LogP contribution is -2.01. The maximum absolute atomic E-state index is 14.6. The number of anilines is 3. The van der Waals surface area contributed by atoms with Gasteiger partial charge in [0, 0.05) is 11.9 Å². The summed E-state index contributed by atoms with van der Waals surface area (Å²) in [5.74, 6) is -0.137. The highest BCUT2D eigenvalue weighted by atomic mass is 19.1. The van der Waals surface area contributed by atoms with Crippen molar-refractivity contribution < 1.29 is 4.39 Å². The predicted molar refractivity (Wildman–Crippen MR) is 114 cm³/mol. The lowest BCUT2D eigenvalue weighted by atomic mass is 10.0. The van der Waals surface area contributed by atoms with Crippen molar-refractivity contribution in [3.05, 3.63) is 83.8 Å². The summed E-state index contributed by atoms with van der Waals surface area (Å²) in [5.41, 5.74) is 11.4. The Morgan fingerprint density at radius 2 is 1.93 bits per heavy atom. The molecule has 0 saturated carbocycles. The van der Waals surface area contributed by atoms with E-state index in [4.69, 9.17) is 5.73 Å². The van der Waals surface area contributed by atoms with Crippen LogP contribution in [0, 0.1) is 12.7 Å². The highest BCUT2D eigenvalue weighted by Crippen LogP contribution is 2.29. The number of pyridine rings is 1. The standard InChI is InChI=1S/C22H18FN7/c1-13-8-16(29-22-20-18(25-11-27-22)5-4-17(24)21(20)23)3-2-15(13)9-14-6-7-30-19(10-14)26-12-28-30/h2-8,10-12H,9,24H2,1H3,(H,25,27,29). The molecule has 3 N–H and O–H groups in total. The van der Waals surface area contributed by atoms with E-state index >= 15 is 0 Å². The first-order chi connectivity index (χ1) is 14.6. The van der Waals surface area contributed by atoms with Gasteiger partial charge in [0.25, 0.3) is 0 Å². The van der Waals surface area contributed by atoms with Gasteiger partial charge in [-0.15, -0.1) is 0 Å². The minimum absolute atomic E-state index is 0.0662. The van der Waals surface area contributed by atoms with Crippen molar-refractivity contribution >= 4 is 33.7 Å². The SMILES string of the molecule is Cc1cc(Nc2ncnc3ccc(N)c(F)c23)ccc1Cc1ccn2ncnc2c1. The summed E-state index contributed by atoms with van der Waals surface area (Å²) in [6, 6.07) is 13.3. The predicted octanol–water partition coefficient (Wildman–Crippen LogP) is 4.04. The second kappa shape index (κ2) is 7.07. The Morgan fingerprint density at radius 1 is 1.03 bits per heavy atom. The number of nitrogen functional groups attached to an aromatic ring is 1. The van der Waals surface area contributed by atoms with Crippen LogP contribution in [0.3, 0.4) is 0 Å². The number of benzene rings is 2. The van der Waals surface area contributed by atoms with Gasteiger partial charge in [0.15, 0.2) is 11.5 Å². The van der Waals surface area contributed by atoms with E-state index in [9.17, 15) is 4.39 Å². The molecule has 0 radical (unpaired) electrons. The van der Waals surface area contributed by atoms with Crippen molar-refractivity contribution in [3.63, 3.8) is 0 Å². The highest BCUT2D eigenvalue weighted by Gasteiger charge is 2.12. The molecule has 0 unspecified atom stereocenters. The molecule has 3 heterocycles. The quantitative estimate of drug-likeness (QED) is 0.443. The normalized spacial score (nSPS) is 11.3. The molecule has 30 heavy (non-hydrogen) atoms. The molecule has 2 aromatic carbocycles. The highest BCUT2D eigenvalue weighted by molar-refractivity contribution is 5.93. The van der Waals surface area contributed by atoms with Crippen LogP contribution in [0.25, 0.3) is 16.6 Å². The number of nitrogens with one attached hydrogen (secondary N) is 1. The fraction of sp³-hybridized carbons (Fsp3) is 0.0909. The molecule has 8 heteroatoms. The first kappa shape index (κ1) is 18.0. The Morgan fingerprint density at radius 3 is 2.80 bits per heavy atom. The van der Waals surface area contributed by atoms with E-state index in [0.717, 1.165) is 28.9 Å². The molecule has 7 nitrogen and oxygen atoms in total. The summed E-state index contributed by atoms with van der Waals surface area (Å²) in [4.78, 5) is 12.6. The Kier molecular flexibility index (Phi) is 4.24. The molecule has 0 fully saturated rings. The smallest absolute Gasteiger partial charge is 0.159 e. The molecule has 148 valence electrons. The Bertz CT molecular complexity index is 1390. The van der Waals surface area contributed by atoms with Gasteiger partial charge in [0.2, 0.25) is 0 Å². The van der Waals surface area contributed by atoms with Crippen molar-refractivity contribution in [3.8, 4) is 0 Å². The lowest BCUT2D eigenvalue weighted by molar-refractivity contribution is 0.644. The maximum Gasteiger partial charge on any atom is 0.159 e. The van der Waals surface area contributed by atoms with Gasteiger partial charge in [0.05, 0.1) is 16.6 Å². The third-order valence-electron chi connectivity index (χ3n) is 5.12. The van der Waals surface area contributed by atoms with Crippen LogP contribution in [0.1, 0.15) is 16.7 Å². The maximum atomic E-state index is 14.6. The Balaban J connectivity index is 1.44. The largest absolute Gasteiger partial charge is 0.396 e. The first-order valence-electron chi connectivity index (χ1n) is 9.42. The number of aromatic nitrogens is 5. The van der Waals surface area contributed by atoms with Gasteiger partial charge < -0.3 is 11.1 Å². The molecule has 0 aliphatic carbocycles. The molecule has 3 aromatic heterocycles. The molecule has 0 amide bonds. The van der Waals surface area contributed by atoms with Crippen LogP contribution >= 0.6 is 0 Å². The summed E-state index contributed by atoms with van der Waals surface area (Å²) in [6.45, 7) is 2.05. The first-order valence-corrected chi connectivity index (χ1v) is 9.42. The summed E-state index contributed by atoms with van der Waals surface area (Å²) in [7, 11) is 0. The molecule has 0 bridgehead atoms. The van der Waals surface area contributed by atoms with E-state index in [1.807, 2.05) is 37.4 Å². The fourth-order valence-corrected chi connectivity index (χ4v) is 3.52. The van der Waals surface area contributed by atoms with Crippen molar-refractivity contribution in [2.45, 2.75) is 13.3 Å². The number of fused-ring (bicyclic) bond motifs is 2. The third-order valence-corrected chi connectivity index (χ3v) is 5.12. The van der Waals surface area contributed by atoms with Gasteiger partial charge in [-0.3, -0.25) is 0 Å². The molecular weight excluding hydrogens is 381 g/mol. The third kappa shape index (κ3) is 3.18. The van der Waals surface area contributed by atoms with Crippen LogP contribution < -0.4 is 11.1 Å². The van der Waals surface area contributed by atoms with E-state index in [-0.39, 0.29) is 11.1 Å². The molecule has 0 saturated heterocycles. The summed E-state index contributed by atoms with van der Waals surface area (Å²) >= 11 is 0. The zero-order valence-electron chi connectivity index (χ0n) is 16.2. The van der Waals surface area contributed by atoms with E-state index in [0.29, 0.717) is 11.3 Å².